The third-order valence-corrected chi connectivity index (χ3v) is 5.58. The number of anilines is 1. The number of rotatable bonds is 6. The molecule has 3 rings (SSSR count). The summed E-state index contributed by atoms with van der Waals surface area (Å²) in [6.07, 6.45) is 13.3. The summed E-state index contributed by atoms with van der Waals surface area (Å²) in [5.74, 6) is 0.824. The van der Waals surface area contributed by atoms with Gasteiger partial charge in [-0.2, -0.15) is 0 Å². The fourth-order valence-corrected chi connectivity index (χ4v) is 3.97. The van der Waals surface area contributed by atoms with Crippen molar-refractivity contribution in [3.05, 3.63) is 18.5 Å². The van der Waals surface area contributed by atoms with Crippen LogP contribution >= 0.6 is 0 Å². The van der Waals surface area contributed by atoms with Crippen molar-refractivity contribution in [1.29, 1.82) is 0 Å². The molecule has 0 unspecified atom stereocenters. The van der Waals surface area contributed by atoms with Gasteiger partial charge in [0, 0.05) is 51.2 Å². The highest BCUT2D eigenvalue weighted by molar-refractivity contribution is 5.74. The first-order valence-electron chi connectivity index (χ1n) is 10.6. The molecule has 1 saturated heterocycles. The number of amides is 2. The lowest BCUT2D eigenvalue weighted by Gasteiger charge is -2.34. The van der Waals surface area contributed by atoms with E-state index < -0.39 is 0 Å². The van der Waals surface area contributed by atoms with Gasteiger partial charge < -0.3 is 15.5 Å². The molecule has 1 aromatic rings. The van der Waals surface area contributed by atoms with Crippen LogP contribution < -0.4 is 15.5 Å². The lowest BCUT2D eigenvalue weighted by atomic mass is 9.97. The van der Waals surface area contributed by atoms with Gasteiger partial charge in [-0.1, -0.05) is 32.1 Å². The van der Waals surface area contributed by atoms with E-state index in [1.165, 1.54) is 32.1 Å². The molecule has 0 bridgehead atoms. The van der Waals surface area contributed by atoms with E-state index in [0.29, 0.717) is 6.04 Å². The van der Waals surface area contributed by atoms with Gasteiger partial charge in [0.05, 0.1) is 0 Å². The Morgan fingerprint density at radius 3 is 2.37 bits per heavy atom. The van der Waals surface area contributed by atoms with Crippen LogP contribution in [0.5, 0.6) is 0 Å². The highest BCUT2D eigenvalue weighted by Crippen LogP contribution is 2.17. The summed E-state index contributed by atoms with van der Waals surface area (Å²) in [5.41, 5.74) is 0. The molecule has 2 amide bonds. The number of hydrogen-bond donors (Lipinski definition) is 2. The van der Waals surface area contributed by atoms with E-state index >= 15 is 0 Å². The number of carbonyl (C=O) groups excluding carboxylic acids is 1. The van der Waals surface area contributed by atoms with Crippen LogP contribution in [-0.2, 0) is 0 Å². The second kappa shape index (κ2) is 11.1. The Morgan fingerprint density at radius 1 is 1.00 bits per heavy atom. The molecule has 1 aliphatic carbocycles. The van der Waals surface area contributed by atoms with Gasteiger partial charge in [0.1, 0.15) is 0 Å². The van der Waals surface area contributed by atoms with E-state index in [9.17, 15) is 4.79 Å². The van der Waals surface area contributed by atoms with Crippen molar-refractivity contribution in [1.82, 2.24) is 25.5 Å². The molecule has 2 aliphatic rings. The summed E-state index contributed by atoms with van der Waals surface area (Å²) < 4.78 is 0. The van der Waals surface area contributed by atoms with Crippen LogP contribution in [0, 0.1) is 0 Å². The van der Waals surface area contributed by atoms with E-state index in [1.54, 1.807) is 12.4 Å². The first-order valence-corrected chi connectivity index (χ1v) is 10.6. The summed E-state index contributed by atoms with van der Waals surface area (Å²) in [4.78, 5) is 25.4. The highest BCUT2D eigenvalue weighted by Gasteiger charge is 2.18. The molecule has 0 aromatic carbocycles. The van der Waals surface area contributed by atoms with Crippen molar-refractivity contribution >= 4 is 12.0 Å². The number of aromatic nitrogens is 2. The van der Waals surface area contributed by atoms with Gasteiger partial charge in [-0.25, -0.2) is 14.8 Å². The molecule has 0 atom stereocenters. The number of nitrogens with one attached hydrogen (secondary N) is 2. The summed E-state index contributed by atoms with van der Waals surface area (Å²) in [6.45, 7) is 5.71. The van der Waals surface area contributed by atoms with Crippen LogP contribution in [0.15, 0.2) is 18.5 Å². The van der Waals surface area contributed by atoms with E-state index in [1.807, 2.05) is 6.07 Å². The van der Waals surface area contributed by atoms with Crippen molar-refractivity contribution in [3.8, 4) is 0 Å². The SMILES string of the molecule is O=C(NCCCN1CCN(c2ncccn2)CC1)NC1CCCCCCC1. The highest BCUT2D eigenvalue weighted by atomic mass is 16.2. The van der Waals surface area contributed by atoms with E-state index in [0.717, 1.165) is 64.5 Å². The summed E-state index contributed by atoms with van der Waals surface area (Å²) in [5, 5.41) is 6.20. The molecule has 7 heteroatoms. The fraction of sp³-hybridized carbons (Fsp3) is 0.750. The second-order valence-corrected chi connectivity index (χ2v) is 7.67. The number of nitrogens with zero attached hydrogens (tertiary/aromatic N) is 4. The average molecular weight is 375 g/mol. The Kier molecular flexibility index (Phi) is 8.14. The first-order chi connectivity index (χ1) is 13.3. The predicted octanol–water partition coefficient (Wildman–Crippen LogP) is 2.40. The van der Waals surface area contributed by atoms with Crippen LogP contribution in [0.1, 0.15) is 51.4 Å². The van der Waals surface area contributed by atoms with Gasteiger partial charge in [-0.3, -0.25) is 4.90 Å². The molecule has 2 heterocycles. The Bertz CT molecular complexity index is 539. The van der Waals surface area contributed by atoms with Crippen molar-refractivity contribution in [2.24, 2.45) is 0 Å². The molecule has 1 aliphatic heterocycles. The van der Waals surface area contributed by atoms with Crippen LogP contribution in [0.4, 0.5) is 10.7 Å². The molecule has 1 aromatic heterocycles. The zero-order chi connectivity index (χ0) is 18.7. The third-order valence-electron chi connectivity index (χ3n) is 5.58. The Balaban J connectivity index is 1.25. The van der Waals surface area contributed by atoms with E-state index in [-0.39, 0.29) is 6.03 Å². The number of piperazine rings is 1. The molecule has 7 nitrogen and oxygen atoms in total. The Morgan fingerprint density at radius 2 is 1.67 bits per heavy atom. The van der Waals surface area contributed by atoms with Crippen LogP contribution in [0.25, 0.3) is 0 Å². The van der Waals surface area contributed by atoms with Crippen molar-refractivity contribution < 1.29 is 4.79 Å². The number of carbonyl (C=O) groups is 1. The molecule has 0 radical (unpaired) electrons. The van der Waals surface area contributed by atoms with Crippen LogP contribution in [0.2, 0.25) is 0 Å². The zero-order valence-corrected chi connectivity index (χ0v) is 16.4. The van der Waals surface area contributed by atoms with Crippen LogP contribution in [0.3, 0.4) is 0 Å². The van der Waals surface area contributed by atoms with Gasteiger partial charge in [-0.05, 0) is 31.9 Å². The third kappa shape index (κ3) is 6.97. The molecule has 1 saturated carbocycles. The lowest BCUT2D eigenvalue weighted by Crippen LogP contribution is -2.48. The van der Waals surface area contributed by atoms with E-state index in [4.69, 9.17) is 0 Å². The smallest absolute Gasteiger partial charge is 0.315 e. The normalized spacial score (nSPS) is 19.9. The predicted molar refractivity (Wildman–Crippen MR) is 108 cm³/mol. The standard InChI is InChI=1S/C20H34N6O/c27-20(24-18-8-4-2-1-3-5-9-18)23-12-7-13-25-14-16-26(17-15-25)19-21-10-6-11-22-19/h6,10-11,18H,1-5,7-9,12-17H2,(H2,23,24,27). The summed E-state index contributed by atoms with van der Waals surface area (Å²) in [6, 6.07) is 2.21. The van der Waals surface area contributed by atoms with Crippen LogP contribution in [-0.4, -0.2) is 66.2 Å². The minimum atomic E-state index is 0.00613. The van der Waals surface area contributed by atoms with Crippen molar-refractivity contribution in [3.63, 3.8) is 0 Å². The van der Waals surface area contributed by atoms with Gasteiger partial charge in [-0.15, -0.1) is 0 Å². The Labute approximate surface area is 162 Å². The summed E-state index contributed by atoms with van der Waals surface area (Å²) >= 11 is 0. The topological polar surface area (TPSA) is 73.4 Å². The maximum Gasteiger partial charge on any atom is 0.315 e. The number of urea groups is 1. The van der Waals surface area contributed by atoms with Gasteiger partial charge in [0.2, 0.25) is 5.95 Å². The van der Waals surface area contributed by atoms with Crippen molar-refractivity contribution in [2.75, 3.05) is 44.2 Å². The quantitative estimate of drug-likeness (QED) is 0.748. The second-order valence-electron chi connectivity index (χ2n) is 7.67. The maximum absolute atomic E-state index is 12.1. The minimum Gasteiger partial charge on any atom is -0.338 e. The van der Waals surface area contributed by atoms with Crippen molar-refractivity contribution in [2.45, 2.75) is 57.4 Å². The molecule has 2 fully saturated rings. The summed E-state index contributed by atoms with van der Waals surface area (Å²) in [7, 11) is 0. The van der Waals surface area contributed by atoms with E-state index in [2.05, 4.69) is 30.4 Å². The monoisotopic (exact) mass is 374 g/mol. The zero-order valence-electron chi connectivity index (χ0n) is 16.4. The molecule has 150 valence electrons. The van der Waals surface area contributed by atoms with Gasteiger partial charge in [0.25, 0.3) is 0 Å². The molecular formula is C20H34N6O. The lowest BCUT2D eigenvalue weighted by molar-refractivity contribution is 0.230. The molecule has 27 heavy (non-hydrogen) atoms. The number of hydrogen-bond acceptors (Lipinski definition) is 5. The Hall–Kier alpha value is -1.89. The molecular weight excluding hydrogens is 340 g/mol. The fourth-order valence-electron chi connectivity index (χ4n) is 3.97. The molecule has 0 spiro atoms. The molecule has 2 N–H and O–H groups in total. The first kappa shape index (κ1) is 19.9. The average Bonchev–Trinajstić information content (AvgIpc) is 2.68. The largest absolute Gasteiger partial charge is 0.338 e. The minimum absolute atomic E-state index is 0.00613. The van der Waals surface area contributed by atoms with Gasteiger partial charge >= 0.3 is 6.03 Å². The van der Waals surface area contributed by atoms with Gasteiger partial charge in [0.15, 0.2) is 0 Å². The maximum atomic E-state index is 12.1.